The number of nitrogens with zero attached hydrogens (tertiary/aromatic N) is 5. The Labute approximate surface area is 129 Å². The Kier molecular flexibility index (Phi) is 4.01. The minimum atomic E-state index is -4.36. The van der Waals surface area contributed by atoms with E-state index in [1.54, 1.807) is 4.90 Å². The van der Waals surface area contributed by atoms with Gasteiger partial charge >= 0.3 is 6.18 Å². The monoisotopic (exact) mass is 325 g/mol. The van der Waals surface area contributed by atoms with E-state index in [9.17, 15) is 18.0 Å². The van der Waals surface area contributed by atoms with Crippen LogP contribution in [0.1, 0.15) is 24.0 Å². The van der Waals surface area contributed by atoms with E-state index in [0.717, 1.165) is 25.0 Å². The summed E-state index contributed by atoms with van der Waals surface area (Å²) in [7, 11) is 0. The molecule has 0 N–H and O–H groups in total. The average molecular weight is 325 g/mol. The Hall–Kier alpha value is -2.45. The number of amides is 1. The zero-order chi connectivity index (χ0) is 16.4. The molecule has 0 atom stereocenters. The normalized spacial score (nSPS) is 14.7. The van der Waals surface area contributed by atoms with Gasteiger partial charge in [0.2, 0.25) is 5.91 Å². The molecule has 1 aromatic carbocycles. The maximum atomic E-state index is 12.6. The van der Waals surface area contributed by atoms with Crippen molar-refractivity contribution in [3.63, 3.8) is 0 Å². The number of tetrazole rings is 1. The molecule has 1 heterocycles. The third-order valence-corrected chi connectivity index (χ3v) is 3.63. The fraction of sp³-hybridized carbons (Fsp3) is 0.429. The van der Waals surface area contributed by atoms with Crippen molar-refractivity contribution in [2.24, 2.45) is 0 Å². The quantitative estimate of drug-likeness (QED) is 0.842. The first-order chi connectivity index (χ1) is 10.9. The second kappa shape index (κ2) is 5.98. The molecule has 1 aromatic heterocycles. The van der Waals surface area contributed by atoms with Gasteiger partial charge in [0.25, 0.3) is 0 Å². The smallest absolute Gasteiger partial charge is 0.334 e. The van der Waals surface area contributed by atoms with Gasteiger partial charge in [0.05, 0.1) is 5.56 Å². The van der Waals surface area contributed by atoms with Crippen LogP contribution in [0.4, 0.5) is 13.2 Å². The topological polar surface area (TPSA) is 63.9 Å². The van der Waals surface area contributed by atoms with E-state index in [1.165, 1.54) is 23.1 Å². The zero-order valence-corrected chi connectivity index (χ0v) is 12.1. The van der Waals surface area contributed by atoms with E-state index < -0.39 is 11.7 Å². The molecule has 0 spiro atoms. The lowest BCUT2D eigenvalue weighted by Crippen LogP contribution is -2.35. The van der Waals surface area contributed by atoms with E-state index in [4.69, 9.17) is 0 Å². The lowest BCUT2D eigenvalue weighted by Gasteiger charge is -2.22. The Balaban J connectivity index is 1.69. The number of alkyl halides is 3. The molecule has 0 bridgehead atoms. The summed E-state index contributed by atoms with van der Waals surface area (Å²) in [4.78, 5) is 14.0. The van der Waals surface area contributed by atoms with Crippen LogP contribution in [0.2, 0.25) is 0 Å². The van der Waals surface area contributed by atoms with Gasteiger partial charge in [-0.25, -0.2) is 4.68 Å². The molecule has 1 fully saturated rings. The predicted octanol–water partition coefficient (Wildman–Crippen LogP) is 1.88. The van der Waals surface area contributed by atoms with Gasteiger partial charge in [-0.3, -0.25) is 4.79 Å². The summed E-state index contributed by atoms with van der Waals surface area (Å²) >= 11 is 0. The van der Waals surface area contributed by atoms with Gasteiger partial charge in [-0.1, -0.05) is 12.1 Å². The summed E-state index contributed by atoms with van der Waals surface area (Å²) in [6.07, 6.45) is -1.20. The van der Waals surface area contributed by atoms with Crippen LogP contribution in [-0.4, -0.2) is 37.1 Å². The highest BCUT2D eigenvalue weighted by Crippen LogP contribution is 2.31. The molecule has 23 heavy (non-hydrogen) atoms. The van der Waals surface area contributed by atoms with Gasteiger partial charge in [-0.2, -0.15) is 13.2 Å². The minimum absolute atomic E-state index is 0.0180. The number of halogens is 3. The molecule has 3 rings (SSSR count). The van der Waals surface area contributed by atoms with Crippen molar-refractivity contribution in [3.05, 3.63) is 41.7 Å². The van der Waals surface area contributed by atoms with Crippen LogP contribution in [0.15, 0.2) is 30.6 Å². The van der Waals surface area contributed by atoms with Crippen molar-refractivity contribution in [1.29, 1.82) is 0 Å². The molecule has 1 saturated carbocycles. The number of rotatable bonds is 5. The number of aromatic nitrogens is 4. The van der Waals surface area contributed by atoms with Gasteiger partial charge in [-0.05, 0) is 41.0 Å². The van der Waals surface area contributed by atoms with Crippen molar-refractivity contribution in [3.8, 4) is 0 Å². The lowest BCUT2D eigenvalue weighted by atomic mass is 10.1. The van der Waals surface area contributed by atoms with Gasteiger partial charge in [0.1, 0.15) is 12.9 Å². The van der Waals surface area contributed by atoms with Crippen molar-refractivity contribution in [1.82, 2.24) is 25.1 Å². The predicted molar refractivity (Wildman–Crippen MR) is 72.8 cm³/mol. The molecule has 0 unspecified atom stereocenters. The van der Waals surface area contributed by atoms with Crippen LogP contribution in [0.5, 0.6) is 0 Å². The number of hydrogen-bond acceptors (Lipinski definition) is 4. The maximum absolute atomic E-state index is 12.6. The van der Waals surface area contributed by atoms with Crippen molar-refractivity contribution < 1.29 is 18.0 Å². The van der Waals surface area contributed by atoms with E-state index >= 15 is 0 Å². The molecular weight excluding hydrogens is 311 g/mol. The number of hydrogen-bond donors (Lipinski definition) is 0. The fourth-order valence-corrected chi connectivity index (χ4v) is 2.29. The van der Waals surface area contributed by atoms with Gasteiger partial charge in [0.15, 0.2) is 0 Å². The van der Waals surface area contributed by atoms with Crippen LogP contribution in [0, 0.1) is 0 Å². The van der Waals surface area contributed by atoms with Crippen molar-refractivity contribution in [2.45, 2.75) is 38.1 Å². The summed E-state index contributed by atoms with van der Waals surface area (Å²) in [5.41, 5.74) is -0.0331. The lowest BCUT2D eigenvalue weighted by molar-refractivity contribution is -0.137. The number of carbonyl (C=O) groups is 1. The van der Waals surface area contributed by atoms with E-state index in [0.29, 0.717) is 5.56 Å². The summed E-state index contributed by atoms with van der Waals surface area (Å²) in [6.45, 7) is 0.300. The molecule has 122 valence electrons. The SMILES string of the molecule is O=C(Cn1cnnn1)N(Cc1ccc(C(F)(F)F)cc1)C1CC1. The van der Waals surface area contributed by atoms with Crippen LogP contribution in [0.3, 0.4) is 0 Å². The van der Waals surface area contributed by atoms with Gasteiger partial charge in [0, 0.05) is 12.6 Å². The average Bonchev–Trinajstić information content (AvgIpc) is 3.21. The summed E-state index contributed by atoms with van der Waals surface area (Å²) in [6, 6.07) is 5.02. The molecular formula is C14H14F3N5O. The largest absolute Gasteiger partial charge is 0.416 e. The third kappa shape index (κ3) is 3.85. The van der Waals surface area contributed by atoms with E-state index in [2.05, 4.69) is 15.5 Å². The first-order valence-electron chi connectivity index (χ1n) is 7.10. The fourth-order valence-electron chi connectivity index (χ4n) is 2.29. The van der Waals surface area contributed by atoms with Gasteiger partial charge in [-0.15, -0.1) is 5.10 Å². The molecule has 0 radical (unpaired) electrons. The Morgan fingerprint density at radius 2 is 1.96 bits per heavy atom. The molecule has 6 nitrogen and oxygen atoms in total. The Morgan fingerprint density at radius 3 is 2.48 bits per heavy atom. The second-order valence-corrected chi connectivity index (χ2v) is 5.45. The number of benzene rings is 1. The molecule has 2 aromatic rings. The second-order valence-electron chi connectivity index (χ2n) is 5.45. The zero-order valence-electron chi connectivity index (χ0n) is 12.1. The third-order valence-electron chi connectivity index (χ3n) is 3.63. The Bertz CT molecular complexity index is 665. The minimum Gasteiger partial charge on any atom is -0.334 e. The summed E-state index contributed by atoms with van der Waals surface area (Å²) in [5.74, 6) is -0.153. The van der Waals surface area contributed by atoms with Crippen LogP contribution in [-0.2, 0) is 24.1 Å². The highest BCUT2D eigenvalue weighted by molar-refractivity contribution is 5.76. The first-order valence-corrected chi connectivity index (χ1v) is 7.10. The number of carbonyl (C=O) groups excluding carboxylic acids is 1. The van der Waals surface area contributed by atoms with Crippen LogP contribution >= 0.6 is 0 Å². The molecule has 1 amide bonds. The van der Waals surface area contributed by atoms with Crippen LogP contribution < -0.4 is 0 Å². The summed E-state index contributed by atoms with van der Waals surface area (Å²) in [5, 5.41) is 10.6. The molecule has 9 heteroatoms. The summed E-state index contributed by atoms with van der Waals surface area (Å²) < 4.78 is 39.0. The standard InChI is InChI=1S/C14H14F3N5O/c15-14(16,17)11-3-1-10(2-4-11)7-22(12-5-6-12)13(23)8-21-9-18-19-20-21/h1-4,9,12H,5-8H2. The van der Waals surface area contributed by atoms with Crippen molar-refractivity contribution in [2.75, 3.05) is 0 Å². The van der Waals surface area contributed by atoms with E-state index in [1.807, 2.05) is 0 Å². The maximum Gasteiger partial charge on any atom is 0.416 e. The highest BCUT2D eigenvalue weighted by atomic mass is 19.4. The van der Waals surface area contributed by atoms with Gasteiger partial charge < -0.3 is 4.90 Å². The van der Waals surface area contributed by atoms with Crippen LogP contribution in [0.25, 0.3) is 0 Å². The Morgan fingerprint density at radius 1 is 1.26 bits per heavy atom. The molecule has 0 aliphatic heterocycles. The van der Waals surface area contributed by atoms with E-state index in [-0.39, 0.29) is 25.0 Å². The highest BCUT2D eigenvalue weighted by Gasteiger charge is 2.33. The van der Waals surface area contributed by atoms with Crippen molar-refractivity contribution >= 4 is 5.91 Å². The molecule has 0 saturated heterocycles. The first kappa shape index (κ1) is 15.4. The molecule has 1 aliphatic carbocycles. The molecule has 1 aliphatic rings.